The molecule has 1 aliphatic rings. The molecule has 0 amide bonds. The van der Waals surface area contributed by atoms with Crippen molar-refractivity contribution in [2.24, 2.45) is 5.11 Å². The Bertz CT molecular complexity index is 647. The molecule has 24 heavy (non-hydrogen) atoms. The molecule has 1 aliphatic heterocycles. The number of rotatable bonds is 6. The Morgan fingerprint density at radius 1 is 1.21 bits per heavy atom. The van der Waals surface area contributed by atoms with Gasteiger partial charge in [-0.2, -0.15) is 8.78 Å². The summed E-state index contributed by atoms with van der Waals surface area (Å²) < 4.78 is 34.0. The summed E-state index contributed by atoms with van der Waals surface area (Å²) in [7, 11) is -1.87. The first-order chi connectivity index (χ1) is 11.0. The fraction of sp³-hybridized carbons (Fsp3) is 0.600. The largest absolute Gasteiger partial charge is 0.413 e. The first-order valence-corrected chi connectivity index (χ1v) is 10.6. The highest BCUT2D eigenvalue weighted by molar-refractivity contribution is 6.74. The van der Waals surface area contributed by atoms with Crippen LogP contribution in [-0.2, 0) is 16.7 Å². The summed E-state index contributed by atoms with van der Waals surface area (Å²) in [5.41, 5.74) is 12.5. The van der Waals surface area contributed by atoms with E-state index in [9.17, 15) is 8.78 Å². The summed E-state index contributed by atoms with van der Waals surface area (Å²) in [4.78, 5) is 2.22. The van der Waals surface area contributed by atoms with Crippen LogP contribution in [0.2, 0.25) is 18.1 Å². The first-order valence-electron chi connectivity index (χ1n) is 7.67. The van der Waals surface area contributed by atoms with E-state index < -0.39 is 20.0 Å². The monoisotopic (exact) mass is 355 g/mol. The Balaban J connectivity index is 2.11. The fourth-order valence-corrected chi connectivity index (χ4v) is 2.95. The smallest absolute Gasteiger partial charge is 0.362 e. The van der Waals surface area contributed by atoms with Crippen LogP contribution in [0.3, 0.4) is 0 Å². The number of alkyl halides is 2. The van der Waals surface area contributed by atoms with Gasteiger partial charge in [0.1, 0.15) is 0 Å². The third-order valence-electron chi connectivity index (χ3n) is 4.79. The Labute approximate surface area is 141 Å². The molecule has 9 heteroatoms. The number of halogens is 2. The highest BCUT2D eigenvalue weighted by Crippen LogP contribution is 2.42. The van der Waals surface area contributed by atoms with Gasteiger partial charge in [-0.1, -0.05) is 45.0 Å². The second-order valence-corrected chi connectivity index (χ2v) is 12.3. The van der Waals surface area contributed by atoms with Crippen LogP contribution >= 0.6 is 0 Å². The molecule has 1 saturated heterocycles. The van der Waals surface area contributed by atoms with Crippen LogP contribution in [0.15, 0.2) is 29.4 Å². The number of hydrazine groups is 1. The zero-order valence-corrected chi connectivity index (χ0v) is 15.5. The molecule has 132 valence electrons. The van der Waals surface area contributed by atoms with Crippen molar-refractivity contribution < 1.29 is 13.2 Å². The average Bonchev–Trinajstić information content (AvgIpc) is 3.26. The number of hydrogen-bond acceptors (Lipinski definition) is 4. The summed E-state index contributed by atoms with van der Waals surface area (Å²) >= 11 is 0. The molecule has 0 radical (unpaired) electrons. The number of azide groups is 1. The van der Waals surface area contributed by atoms with Crippen molar-refractivity contribution in [3.05, 3.63) is 45.8 Å². The van der Waals surface area contributed by atoms with Crippen molar-refractivity contribution in [2.45, 2.75) is 57.2 Å². The second-order valence-electron chi connectivity index (χ2n) is 7.48. The lowest BCUT2D eigenvalue weighted by molar-refractivity contribution is -0.0388. The van der Waals surface area contributed by atoms with Crippen LogP contribution in [0.4, 0.5) is 8.78 Å². The Morgan fingerprint density at radius 3 is 2.17 bits per heavy atom. The standard InChI is InChI=1S/C15H23F2N5OSi/c1-13(2,3)24(4,5)23-10-11-6-8-12(9-7-11)14(19-20-14)15(16,17)21-22-18/h6-9,19-20H,10H2,1-5H3. The minimum absolute atomic E-state index is 0.107. The van der Waals surface area contributed by atoms with Gasteiger partial charge in [-0.3, -0.25) is 0 Å². The minimum Gasteiger partial charge on any atom is -0.413 e. The molecule has 1 aromatic carbocycles. The molecule has 0 aromatic heterocycles. The summed E-state index contributed by atoms with van der Waals surface area (Å²) in [6, 6.07) is 3.05. The zero-order chi connectivity index (χ0) is 18.2. The van der Waals surface area contributed by atoms with Gasteiger partial charge in [-0.15, -0.1) is 0 Å². The highest BCUT2D eigenvalue weighted by atomic mass is 28.4. The summed E-state index contributed by atoms with van der Waals surface area (Å²) in [6.45, 7) is 11.2. The maximum absolute atomic E-state index is 13.9. The van der Waals surface area contributed by atoms with Gasteiger partial charge in [0.15, 0.2) is 14.0 Å². The van der Waals surface area contributed by atoms with Gasteiger partial charge in [0.05, 0.1) is 6.61 Å². The van der Waals surface area contributed by atoms with Crippen molar-refractivity contribution in [3.8, 4) is 0 Å². The van der Waals surface area contributed by atoms with Crippen molar-refractivity contribution in [1.82, 2.24) is 10.9 Å². The van der Waals surface area contributed by atoms with Crippen LogP contribution in [0, 0.1) is 0 Å². The third kappa shape index (κ3) is 3.45. The molecule has 0 aliphatic carbocycles. The predicted molar refractivity (Wildman–Crippen MR) is 90.5 cm³/mol. The number of hydrogen-bond donors (Lipinski definition) is 2. The van der Waals surface area contributed by atoms with Crippen molar-refractivity contribution in [2.75, 3.05) is 0 Å². The molecule has 0 bridgehead atoms. The summed E-state index contributed by atoms with van der Waals surface area (Å²) in [5.74, 6) is 0. The van der Waals surface area contributed by atoms with E-state index >= 15 is 0 Å². The maximum atomic E-state index is 13.9. The first kappa shape index (κ1) is 18.8. The molecule has 0 spiro atoms. The molecule has 0 saturated carbocycles. The normalized spacial score (nSPS) is 17.3. The molecule has 2 N–H and O–H groups in total. The predicted octanol–water partition coefficient (Wildman–Crippen LogP) is 4.37. The van der Waals surface area contributed by atoms with Gasteiger partial charge in [0.25, 0.3) is 0 Å². The summed E-state index contributed by atoms with van der Waals surface area (Å²) in [6.07, 6.45) is 0. The second kappa shape index (κ2) is 6.09. The van der Waals surface area contributed by atoms with Crippen LogP contribution in [0.25, 0.3) is 10.4 Å². The number of benzene rings is 1. The Morgan fingerprint density at radius 2 is 1.75 bits per heavy atom. The molecule has 2 rings (SSSR count). The SMILES string of the molecule is CC(C)(C)[Si](C)(C)OCc1ccc(C2(C(F)(F)N=[N+]=[N-])NN2)cc1. The minimum atomic E-state index is -3.61. The van der Waals surface area contributed by atoms with Crippen molar-refractivity contribution >= 4 is 8.32 Å². The lowest BCUT2D eigenvalue weighted by Gasteiger charge is -2.36. The highest BCUT2D eigenvalue weighted by Gasteiger charge is 2.63. The molecule has 1 heterocycles. The van der Waals surface area contributed by atoms with E-state index in [1.165, 1.54) is 0 Å². The Kier molecular flexibility index (Phi) is 4.77. The summed E-state index contributed by atoms with van der Waals surface area (Å²) in [5, 5.41) is 2.70. The van der Waals surface area contributed by atoms with E-state index in [2.05, 4.69) is 54.7 Å². The number of nitrogens with zero attached hydrogens (tertiary/aromatic N) is 3. The van der Waals surface area contributed by atoms with Gasteiger partial charge in [-0.25, -0.2) is 10.9 Å². The van der Waals surface area contributed by atoms with E-state index in [-0.39, 0.29) is 5.04 Å². The van der Waals surface area contributed by atoms with E-state index in [1.807, 2.05) is 0 Å². The quantitative estimate of drug-likeness (QED) is 0.198. The number of nitrogens with one attached hydrogen (secondary N) is 2. The average molecular weight is 355 g/mol. The maximum Gasteiger partial charge on any atom is 0.362 e. The van der Waals surface area contributed by atoms with Crippen LogP contribution < -0.4 is 10.9 Å². The van der Waals surface area contributed by atoms with Gasteiger partial charge in [0.2, 0.25) is 0 Å². The zero-order valence-electron chi connectivity index (χ0n) is 14.5. The van der Waals surface area contributed by atoms with E-state index in [1.54, 1.807) is 24.3 Å². The van der Waals surface area contributed by atoms with E-state index in [0.717, 1.165) is 5.56 Å². The fourth-order valence-electron chi connectivity index (χ4n) is 1.99. The van der Waals surface area contributed by atoms with Crippen LogP contribution in [0.1, 0.15) is 31.9 Å². The van der Waals surface area contributed by atoms with Gasteiger partial charge < -0.3 is 4.43 Å². The van der Waals surface area contributed by atoms with E-state index in [0.29, 0.717) is 12.2 Å². The Hall–Kier alpha value is -1.51. The molecule has 0 atom stereocenters. The molecule has 0 unspecified atom stereocenters. The lowest BCUT2D eigenvalue weighted by atomic mass is 10.0. The van der Waals surface area contributed by atoms with Crippen LogP contribution in [0.5, 0.6) is 0 Å². The van der Waals surface area contributed by atoms with Crippen molar-refractivity contribution in [3.63, 3.8) is 0 Å². The molecule has 1 aromatic rings. The topological polar surface area (TPSA) is 102 Å². The third-order valence-corrected chi connectivity index (χ3v) is 9.27. The lowest BCUT2D eigenvalue weighted by Crippen LogP contribution is -2.40. The van der Waals surface area contributed by atoms with Gasteiger partial charge in [-0.05, 0) is 39.9 Å². The molecular weight excluding hydrogens is 332 g/mol. The molecule has 1 fully saturated rings. The van der Waals surface area contributed by atoms with Crippen LogP contribution in [-0.4, -0.2) is 14.4 Å². The van der Waals surface area contributed by atoms with Gasteiger partial charge >= 0.3 is 6.05 Å². The van der Waals surface area contributed by atoms with E-state index in [4.69, 9.17) is 9.96 Å². The molecular formula is C15H23F2N5OSi. The van der Waals surface area contributed by atoms with Gasteiger partial charge in [0, 0.05) is 4.91 Å². The van der Waals surface area contributed by atoms with Crippen molar-refractivity contribution in [1.29, 1.82) is 0 Å². The molecule has 6 nitrogen and oxygen atoms in total.